The first kappa shape index (κ1) is 18.9. The van der Waals surface area contributed by atoms with Crippen molar-refractivity contribution in [2.75, 3.05) is 21.2 Å². The van der Waals surface area contributed by atoms with Crippen molar-refractivity contribution in [2.24, 2.45) is 0 Å². The Kier molecular flexibility index (Phi) is 6.08. The third-order valence-electron chi connectivity index (χ3n) is 3.97. The summed E-state index contributed by atoms with van der Waals surface area (Å²) in [5, 5.41) is 12.7. The zero-order chi connectivity index (χ0) is 19.2. The maximum absolute atomic E-state index is 11.9. The van der Waals surface area contributed by atoms with E-state index in [0.717, 1.165) is 27.8 Å². The van der Waals surface area contributed by atoms with Gasteiger partial charge in [-0.2, -0.15) is 0 Å². The van der Waals surface area contributed by atoms with Crippen molar-refractivity contribution in [1.82, 2.24) is 25.1 Å². The SMILES string of the molecule is COc1ccc(Cn2nnnc2SCc2ccc(C(=O)N(C)C)cc2)cc1. The van der Waals surface area contributed by atoms with E-state index >= 15 is 0 Å². The van der Waals surface area contributed by atoms with E-state index in [1.807, 2.05) is 48.5 Å². The molecule has 0 spiro atoms. The first-order valence-electron chi connectivity index (χ1n) is 8.39. The van der Waals surface area contributed by atoms with E-state index in [0.29, 0.717) is 12.1 Å². The van der Waals surface area contributed by atoms with Crippen LogP contribution in [-0.4, -0.2) is 52.2 Å². The van der Waals surface area contributed by atoms with Crippen LogP contribution in [-0.2, 0) is 12.3 Å². The molecule has 1 aromatic heterocycles. The molecule has 0 N–H and O–H groups in total. The van der Waals surface area contributed by atoms with Crippen LogP contribution in [0.25, 0.3) is 0 Å². The number of hydrogen-bond donors (Lipinski definition) is 0. The topological polar surface area (TPSA) is 73.1 Å². The minimum absolute atomic E-state index is 0.00219. The molecule has 0 bridgehead atoms. The van der Waals surface area contributed by atoms with E-state index in [-0.39, 0.29) is 5.91 Å². The summed E-state index contributed by atoms with van der Waals surface area (Å²) in [4.78, 5) is 13.5. The highest BCUT2D eigenvalue weighted by Crippen LogP contribution is 2.21. The van der Waals surface area contributed by atoms with Crippen molar-refractivity contribution >= 4 is 17.7 Å². The van der Waals surface area contributed by atoms with Gasteiger partial charge in [0.05, 0.1) is 13.7 Å². The van der Waals surface area contributed by atoms with Gasteiger partial charge in [-0.05, 0) is 45.8 Å². The Bertz CT molecular complexity index is 891. The molecule has 7 nitrogen and oxygen atoms in total. The van der Waals surface area contributed by atoms with E-state index in [4.69, 9.17) is 4.74 Å². The van der Waals surface area contributed by atoms with Gasteiger partial charge in [0.15, 0.2) is 0 Å². The van der Waals surface area contributed by atoms with E-state index in [1.165, 1.54) is 0 Å². The van der Waals surface area contributed by atoms with Gasteiger partial charge in [0.1, 0.15) is 5.75 Å². The fourth-order valence-electron chi connectivity index (χ4n) is 2.45. The Hall–Kier alpha value is -2.87. The average molecular weight is 383 g/mol. The number of amides is 1. The van der Waals surface area contributed by atoms with Crippen LogP contribution >= 0.6 is 11.8 Å². The van der Waals surface area contributed by atoms with Crippen LogP contribution in [0.4, 0.5) is 0 Å². The molecule has 3 rings (SSSR count). The largest absolute Gasteiger partial charge is 0.497 e. The standard InChI is InChI=1S/C19H21N5O2S/c1-23(2)18(25)16-8-4-15(5-9-16)13-27-19-20-21-22-24(19)12-14-6-10-17(26-3)11-7-14/h4-11H,12-13H2,1-3H3. The molecule has 0 atom stereocenters. The van der Waals surface area contributed by atoms with Crippen LogP contribution in [0, 0.1) is 0 Å². The summed E-state index contributed by atoms with van der Waals surface area (Å²) in [5.41, 5.74) is 2.88. The molecule has 1 heterocycles. The average Bonchev–Trinajstić information content (AvgIpc) is 3.13. The summed E-state index contributed by atoms with van der Waals surface area (Å²) in [6.45, 7) is 0.593. The maximum Gasteiger partial charge on any atom is 0.253 e. The number of carbonyl (C=O) groups is 1. The smallest absolute Gasteiger partial charge is 0.253 e. The van der Waals surface area contributed by atoms with E-state index in [9.17, 15) is 4.79 Å². The van der Waals surface area contributed by atoms with E-state index in [1.54, 1.807) is 42.5 Å². The van der Waals surface area contributed by atoms with Crippen molar-refractivity contribution in [3.8, 4) is 5.75 Å². The molecule has 0 unspecified atom stereocenters. The van der Waals surface area contributed by atoms with Gasteiger partial charge in [-0.1, -0.05) is 36.0 Å². The van der Waals surface area contributed by atoms with Gasteiger partial charge in [-0.3, -0.25) is 4.79 Å². The lowest BCUT2D eigenvalue weighted by Gasteiger charge is -2.10. The van der Waals surface area contributed by atoms with E-state index in [2.05, 4.69) is 15.5 Å². The monoisotopic (exact) mass is 383 g/mol. The third kappa shape index (κ3) is 4.85. The van der Waals surface area contributed by atoms with Gasteiger partial charge in [0.25, 0.3) is 5.91 Å². The fraction of sp³-hybridized carbons (Fsp3) is 0.263. The van der Waals surface area contributed by atoms with Gasteiger partial charge in [0, 0.05) is 25.4 Å². The molecule has 0 radical (unpaired) electrons. The number of aromatic nitrogens is 4. The third-order valence-corrected chi connectivity index (χ3v) is 4.99. The molecule has 27 heavy (non-hydrogen) atoms. The molecule has 140 valence electrons. The molecule has 0 aliphatic carbocycles. The second-order valence-corrected chi connectivity index (χ2v) is 7.09. The number of tetrazole rings is 1. The Balaban J connectivity index is 1.62. The van der Waals surface area contributed by atoms with Crippen LogP contribution < -0.4 is 4.74 Å². The minimum Gasteiger partial charge on any atom is -0.497 e. The number of methoxy groups -OCH3 is 1. The van der Waals surface area contributed by atoms with Crippen LogP contribution in [0.1, 0.15) is 21.5 Å². The summed E-state index contributed by atoms with van der Waals surface area (Å²) < 4.78 is 6.95. The van der Waals surface area contributed by atoms with Crippen LogP contribution in [0.3, 0.4) is 0 Å². The summed E-state index contributed by atoms with van der Waals surface area (Å²) in [6, 6.07) is 15.4. The first-order valence-corrected chi connectivity index (χ1v) is 9.38. The lowest BCUT2D eigenvalue weighted by molar-refractivity contribution is 0.0827. The van der Waals surface area contributed by atoms with Crippen molar-refractivity contribution in [2.45, 2.75) is 17.5 Å². The molecule has 8 heteroatoms. The molecule has 0 aliphatic rings. The van der Waals surface area contributed by atoms with Crippen molar-refractivity contribution in [3.05, 3.63) is 65.2 Å². The number of thioether (sulfide) groups is 1. The maximum atomic E-state index is 11.9. The number of ether oxygens (including phenoxy) is 1. The Morgan fingerprint density at radius 2 is 1.74 bits per heavy atom. The molecule has 1 amide bonds. The number of rotatable bonds is 7. The number of nitrogens with zero attached hydrogens (tertiary/aromatic N) is 5. The summed E-state index contributed by atoms with van der Waals surface area (Å²) in [7, 11) is 5.14. The van der Waals surface area contributed by atoms with Gasteiger partial charge in [-0.15, -0.1) is 5.10 Å². The lowest BCUT2D eigenvalue weighted by atomic mass is 10.1. The highest BCUT2D eigenvalue weighted by Gasteiger charge is 2.10. The summed E-state index contributed by atoms with van der Waals surface area (Å²) in [6.07, 6.45) is 0. The quantitative estimate of drug-likeness (QED) is 0.584. The summed E-state index contributed by atoms with van der Waals surface area (Å²) in [5.74, 6) is 1.54. The van der Waals surface area contributed by atoms with E-state index < -0.39 is 0 Å². The molecular formula is C19H21N5O2S. The molecule has 0 saturated carbocycles. The van der Waals surface area contributed by atoms with Gasteiger partial charge >= 0.3 is 0 Å². The van der Waals surface area contributed by atoms with Gasteiger partial charge in [-0.25, -0.2) is 4.68 Å². The van der Waals surface area contributed by atoms with Gasteiger partial charge < -0.3 is 9.64 Å². The second kappa shape index (κ2) is 8.68. The molecule has 0 fully saturated rings. The molecule has 2 aromatic carbocycles. The van der Waals surface area contributed by atoms with Crippen molar-refractivity contribution < 1.29 is 9.53 Å². The number of hydrogen-bond acceptors (Lipinski definition) is 6. The van der Waals surface area contributed by atoms with Gasteiger partial charge in [0.2, 0.25) is 5.16 Å². The second-order valence-electron chi connectivity index (χ2n) is 6.15. The zero-order valence-electron chi connectivity index (χ0n) is 15.5. The normalized spacial score (nSPS) is 10.6. The fourth-order valence-corrected chi connectivity index (χ4v) is 3.29. The lowest BCUT2D eigenvalue weighted by Crippen LogP contribution is -2.21. The molecular weight excluding hydrogens is 362 g/mol. The zero-order valence-corrected chi connectivity index (χ0v) is 16.3. The molecule has 0 aliphatic heterocycles. The Morgan fingerprint density at radius 1 is 1.07 bits per heavy atom. The highest BCUT2D eigenvalue weighted by molar-refractivity contribution is 7.98. The minimum atomic E-state index is -0.00219. The molecule has 3 aromatic rings. The predicted octanol–water partition coefficient (Wildman–Crippen LogP) is 2.72. The van der Waals surface area contributed by atoms with Crippen molar-refractivity contribution in [1.29, 1.82) is 0 Å². The summed E-state index contributed by atoms with van der Waals surface area (Å²) >= 11 is 1.56. The van der Waals surface area contributed by atoms with Crippen LogP contribution in [0.5, 0.6) is 5.75 Å². The predicted molar refractivity (Wildman–Crippen MR) is 104 cm³/mol. The Morgan fingerprint density at radius 3 is 2.37 bits per heavy atom. The molecule has 0 saturated heterocycles. The first-order chi connectivity index (χ1) is 13.1. The van der Waals surface area contributed by atoms with Crippen LogP contribution in [0.15, 0.2) is 53.7 Å². The van der Waals surface area contributed by atoms with Crippen molar-refractivity contribution in [3.63, 3.8) is 0 Å². The Labute approximate surface area is 162 Å². The highest BCUT2D eigenvalue weighted by atomic mass is 32.2. The number of carbonyl (C=O) groups excluding carboxylic acids is 1. The van der Waals surface area contributed by atoms with Crippen LogP contribution in [0.2, 0.25) is 0 Å². The number of benzene rings is 2.